The number of nitrogens with one attached hydrogen (secondary N) is 1. The third-order valence-corrected chi connectivity index (χ3v) is 4.50. The first kappa shape index (κ1) is 23.2. The van der Waals surface area contributed by atoms with E-state index in [9.17, 15) is 0 Å². The maximum absolute atomic E-state index is 6.03. The molecule has 1 saturated heterocycles. The molecule has 1 N–H and O–H groups in total. The van der Waals surface area contributed by atoms with Gasteiger partial charge in [0.15, 0.2) is 5.96 Å². The van der Waals surface area contributed by atoms with Crippen LogP contribution in [0.5, 0.6) is 0 Å². The number of benzene rings is 1. The van der Waals surface area contributed by atoms with Gasteiger partial charge in [-0.05, 0) is 44.2 Å². The quantitative estimate of drug-likeness (QED) is 0.269. The van der Waals surface area contributed by atoms with Gasteiger partial charge in [-0.25, -0.2) is 0 Å². The van der Waals surface area contributed by atoms with Crippen molar-refractivity contribution >= 4 is 29.9 Å². The molecule has 148 valence electrons. The number of hydrogen-bond acceptors (Lipinski definition) is 3. The molecule has 0 bridgehead atoms. The number of aliphatic imine (C=N–C) groups is 1. The summed E-state index contributed by atoms with van der Waals surface area (Å²) in [4.78, 5) is 7.15. The highest BCUT2D eigenvalue weighted by atomic mass is 127. The van der Waals surface area contributed by atoms with Crippen molar-refractivity contribution in [2.24, 2.45) is 4.99 Å². The summed E-state index contributed by atoms with van der Waals surface area (Å²) in [5, 5.41) is 3.44. The summed E-state index contributed by atoms with van der Waals surface area (Å²) in [5.74, 6) is 1.01. The van der Waals surface area contributed by atoms with Crippen molar-refractivity contribution in [3.8, 4) is 0 Å². The molecule has 0 spiro atoms. The van der Waals surface area contributed by atoms with Gasteiger partial charge in [-0.2, -0.15) is 0 Å². The summed E-state index contributed by atoms with van der Waals surface area (Å²) in [7, 11) is 1.75. The van der Waals surface area contributed by atoms with E-state index < -0.39 is 0 Å². The Morgan fingerprint density at radius 1 is 1.31 bits per heavy atom. The molecular formula is C20H34IN3O2. The van der Waals surface area contributed by atoms with Gasteiger partial charge in [-0.15, -0.1) is 24.0 Å². The van der Waals surface area contributed by atoms with Crippen molar-refractivity contribution in [3.05, 3.63) is 35.4 Å². The number of aryl methyl sites for hydroxylation is 1. The molecule has 1 unspecified atom stereocenters. The fourth-order valence-corrected chi connectivity index (χ4v) is 3.12. The largest absolute Gasteiger partial charge is 0.385 e. The number of halogens is 1. The molecule has 0 saturated carbocycles. The average Bonchev–Trinajstić information content (AvgIpc) is 2.64. The van der Waals surface area contributed by atoms with E-state index in [2.05, 4.69) is 48.3 Å². The van der Waals surface area contributed by atoms with Gasteiger partial charge in [0.2, 0.25) is 0 Å². The Balaban J connectivity index is 0.00000338. The number of methoxy groups -OCH3 is 1. The molecule has 0 aromatic heterocycles. The van der Waals surface area contributed by atoms with Crippen LogP contribution in [0.4, 0.5) is 0 Å². The van der Waals surface area contributed by atoms with Crippen LogP contribution in [0.15, 0.2) is 29.3 Å². The van der Waals surface area contributed by atoms with Gasteiger partial charge in [0.25, 0.3) is 0 Å². The molecule has 5 nitrogen and oxygen atoms in total. The zero-order valence-electron chi connectivity index (χ0n) is 16.4. The van der Waals surface area contributed by atoms with Gasteiger partial charge in [-0.1, -0.05) is 24.3 Å². The molecule has 1 heterocycles. The Morgan fingerprint density at radius 3 is 2.85 bits per heavy atom. The lowest BCUT2D eigenvalue weighted by atomic mass is 10.0. The normalized spacial score (nSPS) is 17.7. The minimum Gasteiger partial charge on any atom is -0.385 e. The lowest BCUT2D eigenvalue weighted by Crippen LogP contribution is -2.48. The van der Waals surface area contributed by atoms with Crippen LogP contribution in [-0.4, -0.2) is 57.4 Å². The highest BCUT2D eigenvalue weighted by Gasteiger charge is 2.24. The van der Waals surface area contributed by atoms with Gasteiger partial charge in [0.1, 0.15) is 6.10 Å². The first-order chi connectivity index (χ1) is 12.3. The molecule has 1 aliphatic heterocycles. The second kappa shape index (κ2) is 13.3. The summed E-state index contributed by atoms with van der Waals surface area (Å²) >= 11 is 0. The molecule has 1 aromatic rings. The maximum Gasteiger partial charge on any atom is 0.194 e. The van der Waals surface area contributed by atoms with Crippen LogP contribution >= 0.6 is 24.0 Å². The van der Waals surface area contributed by atoms with Crippen molar-refractivity contribution in [1.29, 1.82) is 0 Å². The monoisotopic (exact) mass is 475 g/mol. The molecular weight excluding hydrogens is 441 g/mol. The number of nitrogens with zero attached hydrogens (tertiary/aromatic N) is 2. The van der Waals surface area contributed by atoms with Crippen LogP contribution in [0.2, 0.25) is 0 Å². The predicted octanol–water partition coefficient (Wildman–Crippen LogP) is 3.77. The third-order valence-electron chi connectivity index (χ3n) is 4.50. The Morgan fingerprint density at radius 2 is 2.12 bits per heavy atom. The summed E-state index contributed by atoms with van der Waals surface area (Å²) in [6.07, 6.45) is 3.48. The number of morpholine rings is 1. The third kappa shape index (κ3) is 7.40. The van der Waals surface area contributed by atoms with E-state index in [-0.39, 0.29) is 30.1 Å². The summed E-state index contributed by atoms with van der Waals surface area (Å²) < 4.78 is 11.1. The second-order valence-electron chi connectivity index (χ2n) is 6.45. The maximum atomic E-state index is 6.03. The standard InChI is InChI=1S/C20H33N3O2.HI/c1-4-21-20(22-12-8-5-9-14-24-3)23-13-15-25-19(16-23)18-11-7-6-10-17(18)2;/h6-7,10-11,19H,4-5,8-9,12-16H2,1-3H3,(H,21,22);1H. The molecule has 26 heavy (non-hydrogen) atoms. The minimum atomic E-state index is 0. The summed E-state index contributed by atoms with van der Waals surface area (Å²) in [6, 6.07) is 8.48. The Kier molecular flexibility index (Phi) is 11.9. The molecule has 6 heteroatoms. The van der Waals surface area contributed by atoms with Gasteiger partial charge < -0.3 is 19.7 Å². The molecule has 0 aliphatic carbocycles. The van der Waals surface area contributed by atoms with Crippen LogP contribution < -0.4 is 5.32 Å². The lowest BCUT2D eigenvalue weighted by molar-refractivity contribution is -0.00832. The summed E-state index contributed by atoms with van der Waals surface area (Å²) in [6.45, 7) is 9.32. The van der Waals surface area contributed by atoms with E-state index in [1.807, 2.05) is 0 Å². The summed E-state index contributed by atoms with van der Waals surface area (Å²) in [5.41, 5.74) is 2.57. The smallest absolute Gasteiger partial charge is 0.194 e. The van der Waals surface area contributed by atoms with E-state index in [0.717, 1.165) is 64.6 Å². The molecule has 2 rings (SSSR count). The Bertz CT molecular complexity index is 540. The zero-order chi connectivity index (χ0) is 17.9. The van der Waals surface area contributed by atoms with Gasteiger partial charge >= 0.3 is 0 Å². The lowest BCUT2D eigenvalue weighted by Gasteiger charge is -2.35. The van der Waals surface area contributed by atoms with Crippen LogP contribution in [-0.2, 0) is 9.47 Å². The van der Waals surface area contributed by atoms with E-state index in [4.69, 9.17) is 14.5 Å². The second-order valence-corrected chi connectivity index (χ2v) is 6.45. The molecule has 1 aliphatic rings. The predicted molar refractivity (Wildman–Crippen MR) is 119 cm³/mol. The first-order valence-electron chi connectivity index (χ1n) is 9.45. The van der Waals surface area contributed by atoms with Gasteiger partial charge in [-0.3, -0.25) is 4.99 Å². The topological polar surface area (TPSA) is 46.1 Å². The van der Waals surface area contributed by atoms with E-state index in [1.54, 1.807) is 7.11 Å². The van der Waals surface area contributed by atoms with Crippen molar-refractivity contribution in [2.75, 3.05) is 46.5 Å². The fraction of sp³-hybridized carbons (Fsp3) is 0.650. The van der Waals surface area contributed by atoms with Gasteiger partial charge in [0, 0.05) is 33.4 Å². The van der Waals surface area contributed by atoms with E-state index in [1.165, 1.54) is 11.1 Å². The van der Waals surface area contributed by atoms with Crippen molar-refractivity contribution in [2.45, 2.75) is 39.2 Å². The Hall–Kier alpha value is -0.860. The van der Waals surface area contributed by atoms with Crippen molar-refractivity contribution < 1.29 is 9.47 Å². The fourth-order valence-electron chi connectivity index (χ4n) is 3.12. The van der Waals surface area contributed by atoms with Crippen LogP contribution in [0.3, 0.4) is 0 Å². The van der Waals surface area contributed by atoms with Crippen molar-refractivity contribution in [3.63, 3.8) is 0 Å². The van der Waals surface area contributed by atoms with Gasteiger partial charge in [0.05, 0.1) is 13.2 Å². The molecule has 1 aromatic carbocycles. The molecule has 1 atom stereocenters. The highest BCUT2D eigenvalue weighted by Crippen LogP contribution is 2.24. The highest BCUT2D eigenvalue weighted by molar-refractivity contribution is 14.0. The molecule has 1 fully saturated rings. The van der Waals surface area contributed by atoms with Crippen LogP contribution in [0.25, 0.3) is 0 Å². The Labute approximate surface area is 175 Å². The van der Waals surface area contributed by atoms with E-state index >= 15 is 0 Å². The minimum absolute atomic E-state index is 0. The zero-order valence-corrected chi connectivity index (χ0v) is 18.7. The van der Waals surface area contributed by atoms with E-state index in [0.29, 0.717) is 0 Å². The van der Waals surface area contributed by atoms with Crippen LogP contribution in [0, 0.1) is 6.92 Å². The molecule has 0 amide bonds. The van der Waals surface area contributed by atoms with Crippen LogP contribution in [0.1, 0.15) is 43.4 Å². The molecule has 0 radical (unpaired) electrons. The number of guanidine groups is 1. The van der Waals surface area contributed by atoms with Crippen molar-refractivity contribution in [1.82, 2.24) is 10.2 Å². The number of hydrogen-bond donors (Lipinski definition) is 1. The number of ether oxygens (including phenoxy) is 2. The SMILES string of the molecule is CCNC(=NCCCCCOC)N1CCOC(c2ccccc2C)C1.I. The number of unbranched alkanes of at least 4 members (excludes halogenated alkanes) is 2. The first-order valence-corrected chi connectivity index (χ1v) is 9.45. The number of rotatable bonds is 8. The average molecular weight is 475 g/mol.